The van der Waals surface area contributed by atoms with Gasteiger partial charge in [0.1, 0.15) is 0 Å². The summed E-state index contributed by atoms with van der Waals surface area (Å²) < 4.78 is 0. The molecule has 2 nitrogen and oxygen atoms in total. The lowest BCUT2D eigenvalue weighted by Crippen LogP contribution is -2.33. The first-order chi connectivity index (χ1) is 12.6. The Balaban J connectivity index is 1.65. The smallest absolute Gasteiger partial charge is 0.0237 e. The average Bonchev–Trinajstić information content (AvgIpc) is 3.11. The van der Waals surface area contributed by atoms with Gasteiger partial charge in [0.15, 0.2) is 0 Å². The summed E-state index contributed by atoms with van der Waals surface area (Å²) in [6, 6.07) is 18.8. The van der Waals surface area contributed by atoms with E-state index in [-0.39, 0.29) is 0 Å². The lowest BCUT2D eigenvalue weighted by molar-refractivity contribution is 0.197. The number of benzene rings is 2. The maximum Gasteiger partial charge on any atom is 0.0237 e. The standard InChI is InChI=1S/C24H34N2/c1-4-26-16-5-6-24(26)15-17-25(18-22-11-7-20(2)8-12-22)19-23-13-9-21(3)10-14-23/h7-14,24H,4-6,15-19H2,1-3H3/t24-/m0/s1. The van der Waals surface area contributed by atoms with Gasteiger partial charge in [-0.25, -0.2) is 0 Å². The summed E-state index contributed by atoms with van der Waals surface area (Å²) in [5.74, 6) is 0. The molecule has 1 aliphatic heterocycles. The van der Waals surface area contributed by atoms with E-state index in [1.54, 1.807) is 0 Å². The van der Waals surface area contributed by atoms with Crippen molar-refractivity contribution in [3.63, 3.8) is 0 Å². The van der Waals surface area contributed by atoms with E-state index in [1.165, 1.54) is 61.2 Å². The first-order valence-corrected chi connectivity index (χ1v) is 10.2. The first-order valence-electron chi connectivity index (χ1n) is 10.2. The summed E-state index contributed by atoms with van der Waals surface area (Å²) in [4.78, 5) is 5.29. The van der Waals surface area contributed by atoms with Crippen LogP contribution in [0, 0.1) is 13.8 Å². The molecule has 1 aliphatic rings. The number of hydrogen-bond acceptors (Lipinski definition) is 2. The zero-order chi connectivity index (χ0) is 18.4. The highest BCUT2D eigenvalue weighted by Crippen LogP contribution is 2.21. The Kier molecular flexibility index (Phi) is 6.87. The highest BCUT2D eigenvalue weighted by Gasteiger charge is 2.23. The average molecular weight is 351 g/mol. The van der Waals surface area contributed by atoms with E-state index >= 15 is 0 Å². The van der Waals surface area contributed by atoms with Crippen molar-refractivity contribution < 1.29 is 0 Å². The maximum atomic E-state index is 2.66. The SMILES string of the molecule is CCN1CCC[C@H]1CCN(Cc1ccc(C)cc1)Cc1ccc(C)cc1. The van der Waals surface area contributed by atoms with Crippen LogP contribution in [0.5, 0.6) is 0 Å². The van der Waals surface area contributed by atoms with Crippen LogP contribution in [0.4, 0.5) is 0 Å². The van der Waals surface area contributed by atoms with E-state index in [0.717, 1.165) is 19.1 Å². The number of rotatable bonds is 8. The predicted molar refractivity (Wildman–Crippen MR) is 111 cm³/mol. The number of aryl methyl sites for hydroxylation is 2. The van der Waals surface area contributed by atoms with Gasteiger partial charge < -0.3 is 4.90 Å². The third-order valence-corrected chi connectivity index (χ3v) is 5.74. The second-order valence-corrected chi connectivity index (χ2v) is 7.90. The fourth-order valence-corrected chi connectivity index (χ4v) is 4.09. The van der Waals surface area contributed by atoms with Gasteiger partial charge >= 0.3 is 0 Å². The van der Waals surface area contributed by atoms with Crippen LogP contribution in [0.25, 0.3) is 0 Å². The summed E-state index contributed by atoms with van der Waals surface area (Å²) in [6.45, 7) is 12.3. The Morgan fingerprint density at radius 3 is 1.92 bits per heavy atom. The van der Waals surface area contributed by atoms with Gasteiger partial charge in [-0.15, -0.1) is 0 Å². The summed E-state index contributed by atoms with van der Waals surface area (Å²) in [7, 11) is 0. The van der Waals surface area contributed by atoms with Crippen LogP contribution in [0.3, 0.4) is 0 Å². The van der Waals surface area contributed by atoms with Crippen LogP contribution >= 0.6 is 0 Å². The molecule has 0 aliphatic carbocycles. The Morgan fingerprint density at radius 2 is 1.42 bits per heavy atom. The summed E-state index contributed by atoms with van der Waals surface area (Å²) in [6.07, 6.45) is 4.02. The molecule has 0 unspecified atom stereocenters. The molecule has 1 heterocycles. The van der Waals surface area contributed by atoms with Crippen LogP contribution < -0.4 is 0 Å². The molecular formula is C24H34N2. The molecule has 0 radical (unpaired) electrons. The third kappa shape index (κ3) is 5.43. The quantitative estimate of drug-likeness (QED) is 0.647. The zero-order valence-electron chi connectivity index (χ0n) is 16.7. The molecule has 3 rings (SSSR count). The van der Waals surface area contributed by atoms with Gasteiger partial charge in [-0.3, -0.25) is 4.90 Å². The van der Waals surface area contributed by atoms with Gasteiger partial charge in [0, 0.05) is 25.7 Å². The fraction of sp³-hybridized carbons (Fsp3) is 0.500. The second-order valence-electron chi connectivity index (χ2n) is 7.90. The lowest BCUT2D eigenvalue weighted by atomic mass is 10.1. The van der Waals surface area contributed by atoms with Crippen molar-refractivity contribution in [2.45, 2.75) is 59.2 Å². The van der Waals surface area contributed by atoms with Crippen LogP contribution in [-0.4, -0.2) is 35.5 Å². The maximum absolute atomic E-state index is 2.66. The second kappa shape index (κ2) is 9.34. The van der Waals surface area contributed by atoms with Gasteiger partial charge in [-0.1, -0.05) is 66.6 Å². The Hall–Kier alpha value is -1.64. The van der Waals surface area contributed by atoms with Crippen molar-refractivity contribution >= 4 is 0 Å². The van der Waals surface area contributed by atoms with Crippen LogP contribution in [0.15, 0.2) is 48.5 Å². The van der Waals surface area contributed by atoms with Crippen molar-refractivity contribution in [2.24, 2.45) is 0 Å². The fourth-order valence-electron chi connectivity index (χ4n) is 4.09. The molecule has 2 aromatic rings. The third-order valence-electron chi connectivity index (χ3n) is 5.74. The van der Waals surface area contributed by atoms with E-state index in [1.807, 2.05) is 0 Å². The van der Waals surface area contributed by atoms with Crippen LogP contribution in [-0.2, 0) is 13.1 Å². The van der Waals surface area contributed by atoms with Gasteiger partial charge in [0.25, 0.3) is 0 Å². The van der Waals surface area contributed by atoms with Crippen molar-refractivity contribution in [2.75, 3.05) is 19.6 Å². The molecule has 140 valence electrons. The summed E-state index contributed by atoms with van der Waals surface area (Å²) in [5, 5.41) is 0. The molecule has 0 saturated carbocycles. The lowest BCUT2D eigenvalue weighted by Gasteiger charge is -2.28. The minimum Gasteiger partial charge on any atom is -0.301 e. The first kappa shape index (κ1) is 19.1. The number of nitrogens with zero attached hydrogens (tertiary/aromatic N) is 2. The Morgan fingerprint density at radius 1 is 0.885 bits per heavy atom. The molecule has 1 atom stereocenters. The van der Waals surface area contributed by atoms with E-state index < -0.39 is 0 Å². The van der Waals surface area contributed by atoms with Crippen molar-refractivity contribution in [1.82, 2.24) is 9.80 Å². The highest BCUT2D eigenvalue weighted by atomic mass is 15.2. The van der Waals surface area contributed by atoms with E-state index in [0.29, 0.717) is 0 Å². The zero-order valence-corrected chi connectivity index (χ0v) is 16.7. The predicted octanol–water partition coefficient (Wildman–Crippen LogP) is 5.18. The number of likely N-dealkylation sites (tertiary alicyclic amines) is 1. The van der Waals surface area contributed by atoms with Crippen LogP contribution in [0.2, 0.25) is 0 Å². The monoisotopic (exact) mass is 350 g/mol. The molecule has 1 saturated heterocycles. The molecule has 0 amide bonds. The van der Waals surface area contributed by atoms with E-state index in [4.69, 9.17) is 0 Å². The van der Waals surface area contributed by atoms with Gasteiger partial charge in [0.2, 0.25) is 0 Å². The molecule has 0 spiro atoms. The molecule has 0 aromatic heterocycles. The van der Waals surface area contributed by atoms with E-state index in [9.17, 15) is 0 Å². The highest BCUT2D eigenvalue weighted by molar-refractivity contribution is 5.23. The Labute approximate surface area is 159 Å². The molecular weight excluding hydrogens is 316 g/mol. The normalized spacial score (nSPS) is 17.9. The molecule has 0 N–H and O–H groups in total. The largest absolute Gasteiger partial charge is 0.301 e. The molecule has 0 bridgehead atoms. The van der Waals surface area contributed by atoms with E-state index in [2.05, 4.69) is 79.1 Å². The Bertz CT molecular complexity index is 612. The topological polar surface area (TPSA) is 6.48 Å². The van der Waals surface area contributed by atoms with Gasteiger partial charge in [-0.05, 0) is 57.3 Å². The summed E-state index contributed by atoms with van der Waals surface area (Å²) >= 11 is 0. The van der Waals surface area contributed by atoms with Crippen molar-refractivity contribution in [3.8, 4) is 0 Å². The minimum absolute atomic E-state index is 0.776. The van der Waals surface area contributed by atoms with Crippen molar-refractivity contribution in [1.29, 1.82) is 0 Å². The van der Waals surface area contributed by atoms with Crippen molar-refractivity contribution in [3.05, 3.63) is 70.8 Å². The minimum atomic E-state index is 0.776. The molecule has 1 fully saturated rings. The number of hydrogen-bond donors (Lipinski definition) is 0. The van der Waals surface area contributed by atoms with Gasteiger partial charge in [-0.2, -0.15) is 0 Å². The van der Waals surface area contributed by atoms with Crippen LogP contribution in [0.1, 0.15) is 48.4 Å². The summed E-state index contributed by atoms with van der Waals surface area (Å²) in [5.41, 5.74) is 5.51. The molecule has 2 heteroatoms. The molecule has 2 aromatic carbocycles. The van der Waals surface area contributed by atoms with Gasteiger partial charge in [0.05, 0.1) is 0 Å². The molecule has 26 heavy (non-hydrogen) atoms.